The Morgan fingerprint density at radius 1 is 1.18 bits per heavy atom. The summed E-state index contributed by atoms with van der Waals surface area (Å²) in [4.78, 5) is 0. The SMILES string of the molecule is SCC1(COc2c(I)cc(I)cc2I)CCC1. The van der Waals surface area contributed by atoms with Gasteiger partial charge in [-0.3, -0.25) is 0 Å². The molecule has 0 unspecified atom stereocenters. The van der Waals surface area contributed by atoms with E-state index in [1.165, 1.54) is 30.0 Å². The standard InChI is InChI=1S/C12H13I3OS/c13-8-4-9(14)11(10(15)5-8)16-6-12(7-17)2-1-3-12/h4-5,17H,1-3,6-7H2. The van der Waals surface area contributed by atoms with Crippen molar-refractivity contribution in [2.45, 2.75) is 19.3 Å². The summed E-state index contributed by atoms with van der Waals surface area (Å²) in [6.07, 6.45) is 3.84. The Hall–Kier alpha value is 1.56. The van der Waals surface area contributed by atoms with Crippen molar-refractivity contribution in [3.05, 3.63) is 22.8 Å². The third-order valence-corrected chi connectivity index (χ3v) is 6.13. The molecular formula is C12H13I3OS. The quantitative estimate of drug-likeness (QED) is 0.388. The Balaban J connectivity index is 2.09. The largest absolute Gasteiger partial charge is 0.491 e. The molecule has 1 saturated carbocycles. The lowest BCUT2D eigenvalue weighted by Gasteiger charge is -2.40. The lowest BCUT2D eigenvalue weighted by molar-refractivity contribution is 0.0819. The highest BCUT2D eigenvalue weighted by atomic mass is 127. The van der Waals surface area contributed by atoms with Crippen LogP contribution < -0.4 is 4.74 Å². The maximum Gasteiger partial charge on any atom is 0.146 e. The van der Waals surface area contributed by atoms with E-state index in [2.05, 4.69) is 92.5 Å². The first-order chi connectivity index (χ1) is 8.06. The second kappa shape index (κ2) is 6.34. The van der Waals surface area contributed by atoms with Crippen LogP contribution in [0.25, 0.3) is 0 Å². The molecule has 1 aliphatic carbocycles. The van der Waals surface area contributed by atoms with Crippen LogP contribution >= 0.6 is 80.4 Å². The molecule has 1 nitrogen and oxygen atoms in total. The van der Waals surface area contributed by atoms with Gasteiger partial charge in [-0.25, -0.2) is 0 Å². The molecule has 0 saturated heterocycles. The Labute approximate surface area is 149 Å². The molecule has 0 amide bonds. The van der Waals surface area contributed by atoms with E-state index in [-0.39, 0.29) is 0 Å². The van der Waals surface area contributed by atoms with Gasteiger partial charge in [0.25, 0.3) is 0 Å². The van der Waals surface area contributed by atoms with E-state index >= 15 is 0 Å². The molecule has 0 aliphatic heterocycles. The van der Waals surface area contributed by atoms with Crippen LogP contribution in [-0.4, -0.2) is 12.4 Å². The first-order valence-corrected chi connectivity index (χ1v) is 9.31. The predicted molar refractivity (Wildman–Crippen MR) is 100 cm³/mol. The number of benzene rings is 1. The molecule has 1 fully saturated rings. The molecule has 94 valence electrons. The fraction of sp³-hybridized carbons (Fsp3) is 0.500. The van der Waals surface area contributed by atoms with Crippen molar-refractivity contribution in [2.24, 2.45) is 5.41 Å². The molecule has 0 spiro atoms. The molecule has 1 aliphatic rings. The van der Waals surface area contributed by atoms with Crippen molar-refractivity contribution in [1.82, 2.24) is 0 Å². The van der Waals surface area contributed by atoms with Crippen molar-refractivity contribution in [1.29, 1.82) is 0 Å². The zero-order valence-electron chi connectivity index (χ0n) is 9.18. The molecule has 0 heterocycles. The average molecular weight is 586 g/mol. The molecule has 0 radical (unpaired) electrons. The van der Waals surface area contributed by atoms with Crippen LogP contribution in [0.1, 0.15) is 19.3 Å². The zero-order valence-corrected chi connectivity index (χ0v) is 16.5. The van der Waals surface area contributed by atoms with Gasteiger partial charge in [0.2, 0.25) is 0 Å². The van der Waals surface area contributed by atoms with Gasteiger partial charge in [-0.05, 0) is 98.5 Å². The van der Waals surface area contributed by atoms with Gasteiger partial charge in [0, 0.05) is 8.99 Å². The highest BCUT2D eigenvalue weighted by molar-refractivity contribution is 14.1. The smallest absolute Gasteiger partial charge is 0.146 e. The number of rotatable bonds is 4. The van der Waals surface area contributed by atoms with E-state index < -0.39 is 0 Å². The molecule has 5 heteroatoms. The number of ether oxygens (including phenoxy) is 1. The Kier molecular flexibility index (Phi) is 5.58. The number of thiol groups is 1. The fourth-order valence-corrected chi connectivity index (χ4v) is 6.22. The molecule has 1 aromatic rings. The number of hydrogen-bond donors (Lipinski definition) is 1. The van der Waals surface area contributed by atoms with Crippen molar-refractivity contribution in [2.75, 3.05) is 12.4 Å². The summed E-state index contributed by atoms with van der Waals surface area (Å²) < 4.78 is 9.72. The van der Waals surface area contributed by atoms with Crippen LogP contribution in [0.5, 0.6) is 5.75 Å². The normalized spacial score (nSPS) is 17.6. The van der Waals surface area contributed by atoms with Crippen molar-refractivity contribution < 1.29 is 4.74 Å². The topological polar surface area (TPSA) is 9.23 Å². The second-order valence-corrected chi connectivity index (χ2v) is 8.39. The first kappa shape index (κ1) is 15.0. The predicted octanol–water partition coefficient (Wildman–Crippen LogP) is 4.98. The van der Waals surface area contributed by atoms with Gasteiger partial charge in [-0.2, -0.15) is 12.6 Å². The summed E-state index contributed by atoms with van der Waals surface area (Å²) in [5.41, 5.74) is 0.332. The Bertz CT molecular complexity index is 390. The van der Waals surface area contributed by atoms with Gasteiger partial charge in [-0.1, -0.05) is 6.42 Å². The van der Waals surface area contributed by atoms with Crippen LogP contribution in [0, 0.1) is 16.1 Å². The second-order valence-electron chi connectivity index (χ2n) is 4.50. The monoisotopic (exact) mass is 586 g/mol. The summed E-state index contributed by atoms with van der Waals surface area (Å²) in [5, 5.41) is 0. The minimum Gasteiger partial charge on any atom is -0.491 e. The highest BCUT2D eigenvalue weighted by Gasteiger charge is 2.36. The third-order valence-electron chi connectivity index (χ3n) is 3.24. The van der Waals surface area contributed by atoms with Gasteiger partial charge in [-0.15, -0.1) is 0 Å². The molecule has 0 aromatic heterocycles. The summed E-state index contributed by atoms with van der Waals surface area (Å²) in [6.45, 7) is 0.809. The van der Waals surface area contributed by atoms with Crippen LogP contribution in [0.4, 0.5) is 0 Å². The Morgan fingerprint density at radius 2 is 1.76 bits per heavy atom. The third kappa shape index (κ3) is 3.56. The van der Waals surface area contributed by atoms with Crippen molar-refractivity contribution in [3.8, 4) is 5.75 Å². The molecular weight excluding hydrogens is 573 g/mol. The zero-order chi connectivity index (χ0) is 12.5. The summed E-state index contributed by atoms with van der Waals surface area (Å²) in [5.74, 6) is 1.98. The molecule has 2 rings (SSSR count). The first-order valence-electron chi connectivity index (χ1n) is 5.44. The maximum absolute atomic E-state index is 6.05. The minimum absolute atomic E-state index is 0.332. The van der Waals surface area contributed by atoms with Crippen molar-refractivity contribution in [3.63, 3.8) is 0 Å². The van der Waals surface area contributed by atoms with Gasteiger partial charge in [0.05, 0.1) is 13.7 Å². The highest BCUT2D eigenvalue weighted by Crippen LogP contribution is 2.42. The van der Waals surface area contributed by atoms with E-state index in [1.807, 2.05) is 0 Å². The molecule has 0 bridgehead atoms. The number of hydrogen-bond acceptors (Lipinski definition) is 2. The van der Waals surface area contributed by atoms with Crippen LogP contribution in [0.3, 0.4) is 0 Å². The van der Waals surface area contributed by atoms with E-state index in [4.69, 9.17) is 4.74 Å². The average Bonchev–Trinajstić information content (AvgIpc) is 2.19. The van der Waals surface area contributed by atoms with Crippen LogP contribution in [-0.2, 0) is 0 Å². The molecule has 1 aromatic carbocycles. The summed E-state index contributed by atoms with van der Waals surface area (Å²) >= 11 is 11.5. The fourth-order valence-electron chi connectivity index (χ4n) is 1.92. The van der Waals surface area contributed by atoms with Gasteiger partial charge >= 0.3 is 0 Å². The van der Waals surface area contributed by atoms with E-state index in [1.54, 1.807) is 0 Å². The van der Waals surface area contributed by atoms with Gasteiger partial charge < -0.3 is 4.74 Å². The van der Waals surface area contributed by atoms with Gasteiger partial charge in [0.15, 0.2) is 0 Å². The van der Waals surface area contributed by atoms with Crippen LogP contribution in [0.2, 0.25) is 0 Å². The summed E-state index contributed by atoms with van der Waals surface area (Å²) in [7, 11) is 0. The van der Waals surface area contributed by atoms with E-state index in [0.29, 0.717) is 5.41 Å². The lowest BCUT2D eigenvalue weighted by atomic mass is 9.71. The summed E-state index contributed by atoms with van der Waals surface area (Å²) in [6, 6.07) is 4.32. The maximum atomic E-state index is 6.05. The van der Waals surface area contributed by atoms with Gasteiger partial charge in [0.1, 0.15) is 5.75 Å². The van der Waals surface area contributed by atoms with E-state index in [9.17, 15) is 0 Å². The van der Waals surface area contributed by atoms with Crippen LogP contribution in [0.15, 0.2) is 12.1 Å². The van der Waals surface area contributed by atoms with E-state index in [0.717, 1.165) is 18.1 Å². The minimum atomic E-state index is 0.332. The molecule has 17 heavy (non-hydrogen) atoms. The molecule has 0 atom stereocenters. The number of halogens is 3. The Morgan fingerprint density at radius 3 is 2.18 bits per heavy atom. The lowest BCUT2D eigenvalue weighted by Crippen LogP contribution is -2.37. The van der Waals surface area contributed by atoms with Crippen molar-refractivity contribution >= 4 is 80.4 Å². The molecule has 0 N–H and O–H groups in total.